The van der Waals surface area contributed by atoms with Crippen LogP contribution in [0.1, 0.15) is 35.6 Å². The van der Waals surface area contributed by atoms with E-state index in [-0.39, 0.29) is 5.91 Å². The molecule has 4 rings (SSSR count). The van der Waals surface area contributed by atoms with Crippen LogP contribution in [-0.2, 0) is 13.5 Å². The van der Waals surface area contributed by atoms with Crippen molar-refractivity contribution < 1.29 is 9.32 Å². The van der Waals surface area contributed by atoms with E-state index in [4.69, 9.17) is 4.52 Å². The van der Waals surface area contributed by atoms with Crippen LogP contribution < -0.4 is 0 Å². The molecular weight excluding hydrogens is 342 g/mol. The van der Waals surface area contributed by atoms with Gasteiger partial charge in [-0.15, -0.1) is 0 Å². The van der Waals surface area contributed by atoms with Gasteiger partial charge in [0.25, 0.3) is 11.8 Å². The van der Waals surface area contributed by atoms with Crippen LogP contribution in [0.3, 0.4) is 0 Å². The average molecular weight is 365 g/mol. The third-order valence-electron chi connectivity index (χ3n) is 5.14. The molecule has 0 aliphatic carbocycles. The minimum absolute atomic E-state index is 0.117. The lowest BCUT2D eigenvalue weighted by atomic mass is 9.93. The van der Waals surface area contributed by atoms with Crippen molar-refractivity contribution in [2.24, 2.45) is 13.0 Å². The predicted octanol–water partition coefficient (Wildman–Crippen LogP) is 2.96. The number of aromatic nitrogens is 4. The molecule has 0 bridgehead atoms. The largest absolute Gasteiger partial charge is 0.347 e. The number of carbonyl (C=O) groups is 1. The fourth-order valence-corrected chi connectivity index (χ4v) is 3.63. The van der Waals surface area contributed by atoms with Crippen LogP contribution in [0.15, 0.2) is 47.4 Å². The van der Waals surface area contributed by atoms with E-state index in [2.05, 4.69) is 15.1 Å². The summed E-state index contributed by atoms with van der Waals surface area (Å²) in [5.41, 5.74) is 1.62. The molecule has 3 aromatic rings. The van der Waals surface area contributed by atoms with Crippen molar-refractivity contribution in [3.05, 3.63) is 54.4 Å². The molecule has 1 unspecified atom stereocenters. The van der Waals surface area contributed by atoms with E-state index >= 15 is 0 Å². The van der Waals surface area contributed by atoms with Gasteiger partial charge in [-0.05, 0) is 49.4 Å². The highest BCUT2D eigenvalue weighted by molar-refractivity contribution is 5.92. The monoisotopic (exact) mass is 365 g/mol. The molecule has 3 aromatic heterocycles. The Morgan fingerprint density at radius 3 is 2.93 bits per heavy atom. The van der Waals surface area contributed by atoms with E-state index in [1.54, 1.807) is 12.4 Å². The van der Waals surface area contributed by atoms with E-state index in [1.807, 2.05) is 47.0 Å². The first-order chi connectivity index (χ1) is 13.2. The lowest BCUT2D eigenvalue weighted by Gasteiger charge is -2.32. The number of hydrogen-bond acceptors (Lipinski definition) is 5. The lowest BCUT2D eigenvalue weighted by molar-refractivity contribution is 0.0658. The van der Waals surface area contributed by atoms with Crippen molar-refractivity contribution in [3.63, 3.8) is 0 Å². The number of rotatable bonds is 5. The molecule has 0 N–H and O–H groups in total. The van der Waals surface area contributed by atoms with Crippen LogP contribution >= 0.6 is 0 Å². The fraction of sp³-hybridized carbons (Fsp3) is 0.400. The van der Waals surface area contributed by atoms with Gasteiger partial charge in [0.1, 0.15) is 5.69 Å². The molecule has 0 saturated carbocycles. The van der Waals surface area contributed by atoms with Crippen LogP contribution in [0.25, 0.3) is 11.5 Å². The summed E-state index contributed by atoms with van der Waals surface area (Å²) in [4.78, 5) is 23.2. The minimum atomic E-state index is 0.117. The third-order valence-corrected chi connectivity index (χ3v) is 5.14. The maximum atomic E-state index is 12.7. The second-order valence-electron chi connectivity index (χ2n) is 7.05. The second kappa shape index (κ2) is 7.73. The molecule has 7 nitrogen and oxygen atoms in total. The predicted molar refractivity (Wildman–Crippen MR) is 99.9 cm³/mol. The van der Waals surface area contributed by atoms with Gasteiger partial charge in [-0.2, -0.15) is 4.98 Å². The van der Waals surface area contributed by atoms with Gasteiger partial charge < -0.3 is 14.0 Å². The van der Waals surface area contributed by atoms with E-state index in [0.717, 1.165) is 50.0 Å². The Morgan fingerprint density at radius 1 is 1.30 bits per heavy atom. The first-order valence-corrected chi connectivity index (χ1v) is 9.34. The van der Waals surface area contributed by atoms with Crippen LogP contribution in [0.5, 0.6) is 0 Å². The van der Waals surface area contributed by atoms with Gasteiger partial charge in [-0.1, -0.05) is 5.16 Å². The van der Waals surface area contributed by atoms with E-state index in [9.17, 15) is 4.79 Å². The molecule has 1 fully saturated rings. The summed E-state index contributed by atoms with van der Waals surface area (Å²) in [6, 6.07) is 7.49. The number of amides is 1. The van der Waals surface area contributed by atoms with Crippen molar-refractivity contribution in [1.29, 1.82) is 0 Å². The van der Waals surface area contributed by atoms with Crippen molar-refractivity contribution in [1.82, 2.24) is 24.6 Å². The Labute approximate surface area is 158 Å². The van der Waals surface area contributed by atoms with Crippen molar-refractivity contribution in [2.75, 3.05) is 13.1 Å². The zero-order valence-corrected chi connectivity index (χ0v) is 15.4. The Hall–Kier alpha value is -2.96. The van der Waals surface area contributed by atoms with Crippen LogP contribution in [-0.4, -0.2) is 43.6 Å². The maximum Gasteiger partial charge on any atom is 0.270 e. The Balaban J connectivity index is 1.34. The highest BCUT2D eigenvalue weighted by atomic mass is 16.5. The molecule has 0 aromatic carbocycles. The molecular formula is C20H23N5O2. The molecule has 1 amide bonds. The van der Waals surface area contributed by atoms with Crippen molar-refractivity contribution in [2.45, 2.75) is 25.7 Å². The molecule has 0 spiro atoms. The highest BCUT2D eigenvalue weighted by Gasteiger charge is 2.25. The van der Waals surface area contributed by atoms with Gasteiger partial charge in [0.15, 0.2) is 5.82 Å². The molecule has 27 heavy (non-hydrogen) atoms. The van der Waals surface area contributed by atoms with Gasteiger partial charge in [-0.3, -0.25) is 9.78 Å². The third kappa shape index (κ3) is 3.92. The summed E-state index contributed by atoms with van der Waals surface area (Å²) in [5, 5.41) is 4.09. The van der Waals surface area contributed by atoms with Gasteiger partial charge in [0.2, 0.25) is 0 Å². The summed E-state index contributed by atoms with van der Waals surface area (Å²) in [6.07, 6.45) is 9.20. The smallest absolute Gasteiger partial charge is 0.270 e. The van der Waals surface area contributed by atoms with Crippen LogP contribution in [0.4, 0.5) is 0 Å². The first-order valence-electron chi connectivity index (χ1n) is 9.34. The number of pyridine rings is 1. The normalized spacial score (nSPS) is 17.2. The number of piperidine rings is 1. The minimum Gasteiger partial charge on any atom is -0.347 e. The molecule has 4 heterocycles. The lowest BCUT2D eigenvalue weighted by Crippen LogP contribution is -2.40. The van der Waals surface area contributed by atoms with E-state index in [1.165, 1.54) is 0 Å². The summed E-state index contributed by atoms with van der Waals surface area (Å²) < 4.78 is 7.24. The maximum absolute atomic E-state index is 12.7. The molecule has 0 radical (unpaired) electrons. The Kier molecular flexibility index (Phi) is 5.00. The summed E-state index contributed by atoms with van der Waals surface area (Å²) in [7, 11) is 1.91. The molecule has 1 aliphatic rings. The van der Waals surface area contributed by atoms with E-state index < -0.39 is 0 Å². The number of aryl methyl sites for hydroxylation is 2. The topological polar surface area (TPSA) is 77.0 Å². The Morgan fingerprint density at radius 2 is 2.15 bits per heavy atom. The zero-order valence-electron chi connectivity index (χ0n) is 15.4. The fourth-order valence-electron chi connectivity index (χ4n) is 3.63. The Bertz CT molecular complexity index is 902. The molecule has 1 saturated heterocycles. The van der Waals surface area contributed by atoms with Crippen LogP contribution in [0.2, 0.25) is 0 Å². The zero-order chi connectivity index (χ0) is 18.6. The first kappa shape index (κ1) is 17.5. The molecule has 140 valence electrons. The number of carbonyl (C=O) groups excluding carboxylic acids is 1. The van der Waals surface area contributed by atoms with Gasteiger partial charge >= 0.3 is 0 Å². The summed E-state index contributed by atoms with van der Waals surface area (Å²) >= 11 is 0. The quantitative estimate of drug-likeness (QED) is 0.695. The van der Waals surface area contributed by atoms with Gasteiger partial charge in [-0.25, -0.2) is 0 Å². The van der Waals surface area contributed by atoms with Gasteiger partial charge in [0.05, 0.1) is 0 Å². The van der Waals surface area contributed by atoms with Crippen molar-refractivity contribution in [3.8, 4) is 11.5 Å². The second-order valence-corrected chi connectivity index (χ2v) is 7.05. The van der Waals surface area contributed by atoms with Crippen molar-refractivity contribution >= 4 is 5.91 Å². The van der Waals surface area contributed by atoms with E-state index in [0.29, 0.717) is 17.6 Å². The summed E-state index contributed by atoms with van der Waals surface area (Å²) in [6.45, 7) is 1.62. The number of hydrogen-bond donors (Lipinski definition) is 0. The number of likely N-dealkylation sites (tertiary alicyclic amines) is 1. The SMILES string of the molecule is Cn1cccc1C(=O)N1CCCC(CCc2noc(-c3ccncc3)n2)C1. The standard InChI is InChI=1S/C20H23N5O2/c1-24-12-3-5-17(24)20(26)25-13-2-4-15(14-25)6-7-18-22-19(27-23-18)16-8-10-21-11-9-16/h3,5,8-12,15H,2,4,6-7,13-14H2,1H3. The van der Waals surface area contributed by atoms with Gasteiger partial charge in [0, 0.05) is 50.7 Å². The average Bonchev–Trinajstić information content (AvgIpc) is 3.36. The molecule has 1 aliphatic heterocycles. The number of nitrogens with zero attached hydrogens (tertiary/aromatic N) is 5. The van der Waals surface area contributed by atoms with Crippen LogP contribution in [0, 0.1) is 5.92 Å². The molecule has 1 atom stereocenters. The summed E-state index contributed by atoms with van der Waals surface area (Å²) in [5.74, 6) is 1.82. The molecule has 7 heteroatoms. The highest BCUT2D eigenvalue weighted by Crippen LogP contribution is 2.23.